The molecule has 1 amide bonds. The number of nitrogens with zero attached hydrogens (tertiary/aromatic N) is 3. The first-order valence-corrected chi connectivity index (χ1v) is 8.13. The number of carbonyl (C=O) groups is 1. The number of amides is 1. The van der Waals surface area contributed by atoms with E-state index in [9.17, 15) is 4.79 Å². The summed E-state index contributed by atoms with van der Waals surface area (Å²) in [6, 6.07) is 0.244. The number of aryl methyl sites for hydroxylation is 1. The number of hydrogen-bond donors (Lipinski definition) is 0. The zero-order chi connectivity index (χ0) is 16.1. The number of hydrogen-bond acceptors (Lipinski definition) is 5. The topological polar surface area (TPSA) is 64.6 Å². The van der Waals surface area contributed by atoms with Crippen molar-refractivity contribution in [1.29, 1.82) is 0 Å². The molecule has 23 heavy (non-hydrogen) atoms. The lowest BCUT2D eigenvalue weighted by atomic mass is 9.91. The Balaban J connectivity index is 1.58. The van der Waals surface area contributed by atoms with Gasteiger partial charge in [0.15, 0.2) is 0 Å². The van der Waals surface area contributed by atoms with E-state index in [2.05, 4.69) is 16.5 Å². The molecule has 3 heterocycles. The first kappa shape index (κ1) is 16.1. The third-order valence-corrected chi connectivity index (χ3v) is 4.46. The van der Waals surface area contributed by atoms with Crippen molar-refractivity contribution in [2.45, 2.75) is 43.9 Å². The summed E-state index contributed by atoms with van der Waals surface area (Å²) in [7, 11) is 0. The Labute approximate surface area is 136 Å². The van der Waals surface area contributed by atoms with Crippen LogP contribution in [0, 0.1) is 0 Å². The summed E-state index contributed by atoms with van der Waals surface area (Å²) in [4.78, 5) is 22.7. The van der Waals surface area contributed by atoms with E-state index in [1.807, 2.05) is 4.90 Å². The standard InChI is InChI=1S/C17H23N3O3/c1-2-5-23-16-6-14-10-22-11-15(7-16)20(14)17(21)4-3-13-8-18-12-19-9-13/h2,8-9,12,14-16H,1,3-7,10-11H2. The molecule has 6 nitrogen and oxygen atoms in total. The van der Waals surface area contributed by atoms with E-state index in [1.165, 1.54) is 6.33 Å². The van der Waals surface area contributed by atoms with Gasteiger partial charge in [-0.3, -0.25) is 4.79 Å². The zero-order valence-electron chi connectivity index (χ0n) is 13.3. The normalized spacial score (nSPS) is 26.8. The molecule has 0 saturated carbocycles. The fourth-order valence-corrected chi connectivity index (χ4v) is 3.45. The fraction of sp³-hybridized carbons (Fsp3) is 0.588. The van der Waals surface area contributed by atoms with Crippen LogP contribution in [-0.4, -0.2) is 58.8 Å². The van der Waals surface area contributed by atoms with Crippen molar-refractivity contribution in [2.24, 2.45) is 0 Å². The Morgan fingerprint density at radius 2 is 2.04 bits per heavy atom. The van der Waals surface area contributed by atoms with Crippen LogP contribution in [0.5, 0.6) is 0 Å². The molecule has 3 rings (SSSR count). The molecule has 0 radical (unpaired) electrons. The van der Waals surface area contributed by atoms with Crippen molar-refractivity contribution in [3.63, 3.8) is 0 Å². The summed E-state index contributed by atoms with van der Waals surface area (Å²) in [6.07, 6.45) is 9.82. The Morgan fingerprint density at radius 1 is 1.35 bits per heavy atom. The summed E-state index contributed by atoms with van der Waals surface area (Å²) in [6.45, 7) is 5.46. The molecule has 124 valence electrons. The van der Waals surface area contributed by atoms with Crippen molar-refractivity contribution in [3.8, 4) is 0 Å². The second-order valence-electron chi connectivity index (χ2n) is 6.11. The van der Waals surface area contributed by atoms with Crippen LogP contribution in [-0.2, 0) is 20.7 Å². The van der Waals surface area contributed by atoms with E-state index in [-0.39, 0.29) is 24.1 Å². The lowest BCUT2D eigenvalue weighted by Crippen LogP contribution is -2.60. The maximum absolute atomic E-state index is 12.7. The Bertz CT molecular complexity index is 523. The Kier molecular flexibility index (Phi) is 5.35. The second kappa shape index (κ2) is 7.66. The highest BCUT2D eigenvalue weighted by atomic mass is 16.5. The second-order valence-corrected chi connectivity index (χ2v) is 6.11. The highest BCUT2D eigenvalue weighted by Crippen LogP contribution is 2.30. The van der Waals surface area contributed by atoms with Gasteiger partial charge in [0.05, 0.1) is 38.0 Å². The molecule has 2 bridgehead atoms. The van der Waals surface area contributed by atoms with Gasteiger partial charge in [-0.1, -0.05) is 6.08 Å². The molecule has 2 unspecified atom stereocenters. The van der Waals surface area contributed by atoms with Crippen LogP contribution in [0.1, 0.15) is 24.8 Å². The van der Waals surface area contributed by atoms with E-state index in [0.717, 1.165) is 18.4 Å². The maximum atomic E-state index is 12.7. The van der Waals surface area contributed by atoms with E-state index < -0.39 is 0 Å². The molecule has 2 fully saturated rings. The van der Waals surface area contributed by atoms with Gasteiger partial charge >= 0.3 is 0 Å². The van der Waals surface area contributed by atoms with E-state index in [1.54, 1.807) is 18.5 Å². The molecular weight excluding hydrogens is 294 g/mol. The third kappa shape index (κ3) is 3.95. The molecule has 0 aliphatic carbocycles. The van der Waals surface area contributed by atoms with Crippen molar-refractivity contribution < 1.29 is 14.3 Å². The van der Waals surface area contributed by atoms with Crippen LogP contribution < -0.4 is 0 Å². The molecule has 6 heteroatoms. The van der Waals surface area contributed by atoms with E-state index in [4.69, 9.17) is 9.47 Å². The molecule has 2 aliphatic rings. The molecule has 2 saturated heterocycles. The number of carbonyl (C=O) groups excluding carboxylic acids is 1. The number of fused-ring (bicyclic) bond motifs is 2. The molecule has 0 aromatic carbocycles. The predicted molar refractivity (Wildman–Crippen MR) is 84.8 cm³/mol. The van der Waals surface area contributed by atoms with Crippen LogP contribution in [0.2, 0.25) is 0 Å². The molecule has 1 aromatic heterocycles. The van der Waals surface area contributed by atoms with Crippen LogP contribution >= 0.6 is 0 Å². The summed E-state index contributed by atoms with van der Waals surface area (Å²) in [5.74, 6) is 0.189. The minimum Gasteiger partial charge on any atom is -0.377 e. The van der Waals surface area contributed by atoms with Crippen molar-refractivity contribution >= 4 is 5.91 Å². The van der Waals surface area contributed by atoms with Crippen LogP contribution in [0.15, 0.2) is 31.4 Å². The largest absolute Gasteiger partial charge is 0.377 e. The summed E-state index contributed by atoms with van der Waals surface area (Å²) in [5, 5.41) is 0. The predicted octanol–water partition coefficient (Wildman–Crippen LogP) is 1.37. The lowest BCUT2D eigenvalue weighted by molar-refractivity contribution is -0.159. The monoisotopic (exact) mass is 317 g/mol. The van der Waals surface area contributed by atoms with Gasteiger partial charge in [-0.25, -0.2) is 9.97 Å². The summed E-state index contributed by atoms with van der Waals surface area (Å²) < 4.78 is 11.4. The molecular formula is C17H23N3O3. The van der Waals surface area contributed by atoms with E-state index >= 15 is 0 Å². The Morgan fingerprint density at radius 3 is 2.70 bits per heavy atom. The summed E-state index contributed by atoms with van der Waals surface area (Å²) in [5.41, 5.74) is 0.992. The number of rotatable bonds is 6. The van der Waals surface area contributed by atoms with E-state index in [0.29, 0.717) is 32.7 Å². The quantitative estimate of drug-likeness (QED) is 0.742. The van der Waals surface area contributed by atoms with Crippen LogP contribution in [0.25, 0.3) is 0 Å². The maximum Gasteiger partial charge on any atom is 0.223 e. The molecule has 0 spiro atoms. The average molecular weight is 317 g/mol. The third-order valence-electron chi connectivity index (χ3n) is 4.46. The lowest BCUT2D eigenvalue weighted by Gasteiger charge is -2.48. The minimum absolute atomic E-state index is 0.122. The fourth-order valence-electron chi connectivity index (χ4n) is 3.45. The average Bonchev–Trinajstić information content (AvgIpc) is 2.58. The minimum atomic E-state index is 0.122. The molecule has 0 N–H and O–H groups in total. The van der Waals surface area contributed by atoms with Crippen LogP contribution in [0.3, 0.4) is 0 Å². The Hall–Kier alpha value is -1.79. The highest BCUT2D eigenvalue weighted by molar-refractivity contribution is 5.77. The zero-order valence-corrected chi connectivity index (χ0v) is 13.3. The number of ether oxygens (including phenoxy) is 2. The van der Waals surface area contributed by atoms with Crippen LogP contribution in [0.4, 0.5) is 0 Å². The van der Waals surface area contributed by atoms with Crippen molar-refractivity contribution in [1.82, 2.24) is 14.9 Å². The van der Waals surface area contributed by atoms with Gasteiger partial charge < -0.3 is 14.4 Å². The van der Waals surface area contributed by atoms with Crippen molar-refractivity contribution in [2.75, 3.05) is 19.8 Å². The smallest absolute Gasteiger partial charge is 0.223 e. The van der Waals surface area contributed by atoms with Gasteiger partial charge in [-0.15, -0.1) is 6.58 Å². The number of morpholine rings is 1. The van der Waals surface area contributed by atoms with Gasteiger partial charge in [0, 0.05) is 18.8 Å². The van der Waals surface area contributed by atoms with Gasteiger partial charge in [0.1, 0.15) is 6.33 Å². The number of piperidine rings is 1. The summed E-state index contributed by atoms with van der Waals surface area (Å²) >= 11 is 0. The molecule has 2 atom stereocenters. The van der Waals surface area contributed by atoms with Gasteiger partial charge in [0.2, 0.25) is 5.91 Å². The van der Waals surface area contributed by atoms with Crippen molar-refractivity contribution in [3.05, 3.63) is 36.9 Å². The SMILES string of the molecule is C=CCOC1CC2COCC(C1)N2C(=O)CCc1cncnc1. The molecule has 2 aliphatic heterocycles. The number of aromatic nitrogens is 2. The van der Waals surface area contributed by atoms with Gasteiger partial charge in [-0.05, 0) is 24.8 Å². The first-order valence-electron chi connectivity index (χ1n) is 8.13. The first-order chi connectivity index (χ1) is 11.3. The molecule has 1 aromatic rings. The van der Waals surface area contributed by atoms with Gasteiger partial charge in [-0.2, -0.15) is 0 Å². The van der Waals surface area contributed by atoms with Gasteiger partial charge in [0.25, 0.3) is 0 Å². The highest BCUT2D eigenvalue weighted by Gasteiger charge is 2.41.